The molecule has 0 aromatic heterocycles. The van der Waals surface area contributed by atoms with E-state index in [-0.39, 0.29) is 30.1 Å². The maximum absolute atomic E-state index is 13.0. The van der Waals surface area contributed by atoms with E-state index in [1.165, 1.54) is 6.92 Å². The number of benzene rings is 1. The Morgan fingerprint density at radius 3 is 2.74 bits per heavy atom. The zero-order valence-corrected chi connectivity index (χ0v) is 16.5. The van der Waals surface area contributed by atoms with Crippen LogP contribution in [0.25, 0.3) is 0 Å². The molecule has 146 valence electrons. The number of hydrogen-bond donors (Lipinski definition) is 1. The highest BCUT2D eigenvalue weighted by molar-refractivity contribution is 6.01. The van der Waals surface area contributed by atoms with Gasteiger partial charge in [-0.15, -0.1) is 0 Å². The summed E-state index contributed by atoms with van der Waals surface area (Å²) in [4.78, 5) is 40.4. The third-order valence-electron chi connectivity index (χ3n) is 5.81. The second-order valence-electron chi connectivity index (χ2n) is 7.85. The lowest BCUT2D eigenvalue weighted by molar-refractivity contribution is -0.137. The fourth-order valence-electron chi connectivity index (χ4n) is 4.11. The predicted octanol–water partition coefficient (Wildman–Crippen LogP) is 2.03. The van der Waals surface area contributed by atoms with E-state index < -0.39 is 0 Å². The zero-order chi connectivity index (χ0) is 19.6. The molecule has 27 heavy (non-hydrogen) atoms. The van der Waals surface area contributed by atoms with Crippen LogP contribution in [0.3, 0.4) is 0 Å². The first-order valence-electron chi connectivity index (χ1n) is 9.76. The molecule has 3 rings (SSSR count). The van der Waals surface area contributed by atoms with Crippen molar-refractivity contribution in [3.05, 3.63) is 29.3 Å². The molecule has 3 amide bonds. The summed E-state index contributed by atoms with van der Waals surface area (Å²) in [7, 11) is 0. The first-order valence-corrected chi connectivity index (χ1v) is 9.76. The van der Waals surface area contributed by atoms with Crippen LogP contribution in [0.1, 0.15) is 37.3 Å². The number of amides is 3. The van der Waals surface area contributed by atoms with Crippen molar-refractivity contribution >= 4 is 23.4 Å². The molecule has 0 saturated carbocycles. The lowest BCUT2D eigenvalue weighted by atomic mass is 9.96. The molecule has 2 aliphatic heterocycles. The Hall–Kier alpha value is -2.37. The number of aryl methyl sites for hydroxylation is 1. The molecule has 0 radical (unpaired) electrons. The van der Waals surface area contributed by atoms with E-state index in [0.29, 0.717) is 25.6 Å². The van der Waals surface area contributed by atoms with Gasteiger partial charge in [0.2, 0.25) is 17.7 Å². The average molecular weight is 371 g/mol. The highest BCUT2D eigenvalue weighted by Gasteiger charge is 2.38. The van der Waals surface area contributed by atoms with Gasteiger partial charge in [-0.25, -0.2) is 0 Å². The minimum Gasteiger partial charge on any atom is -0.356 e. The van der Waals surface area contributed by atoms with Gasteiger partial charge < -0.3 is 15.1 Å². The van der Waals surface area contributed by atoms with Gasteiger partial charge in [0.25, 0.3) is 0 Å². The molecule has 2 heterocycles. The summed E-state index contributed by atoms with van der Waals surface area (Å²) in [6, 6.07) is 5.94. The Balaban J connectivity index is 1.65. The highest BCUT2D eigenvalue weighted by atomic mass is 16.2. The molecular formula is C21H29N3O3. The first-order chi connectivity index (χ1) is 12.9. The average Bonchev–Trinajstić information content (AvgIpc) is 3.03. The topological polar surface area (TPSA) is 69.7 Å². The maximum atomic E-state index is 13.0. The second-order valence-corrected chi connectivity index (χ2v) is 7.85. The molecule has 2 fully saturated rings. The van der Waals surface area contributed by atoms with Crippen LogP contribution in [0.2, 0.25) is 0 Å². The van der Waals surface area contributed by atoms with Gasteiger partial charge in [0.15, 0.2) is 0 Å². The van der Waals surface area contributed by atoms with Crippen LogP contribution in [0, 0.1) is 25.7 Å². The monoisotopic (exact) mass is 371 g/mol. The number of carbonyl (C=O) groups excluding carboxylic acids is 3. The van der Waals surface area contributed by atoms with Crippen LogP contribution in [0.5, 0.6) is 0 Å². The van der Waals surface area contributed by atoms with Gasteiger partial charge in [-0.1, -0.05) is 12.1 Å². The van der Waals surface area contributed by atoms with Crippen LogP contribution >= 0.6 is 0 Å². The minimum atomic E-state index is -0.281. The quantitative estimate of drug-likeness (QED) is 0.880. The summed E-state index contributed by atoms with van der Waals surface area (Å²) in [5.41, 5.74) is 3.15. The normalized spacial score (nSPS) is 22.9. The fourth-order valence-corrected chi connectivity index (χ4v) is 4.11. The molecule has 6 heteroatoms. The van der Waals surface area contributed by atoms with E-state index in [2.05, 4.69) is 5.32 Å². The van der Waals surface area contributed by atoms with Gasteiger partial charge in [-0.05, 0) is 49.8 Å². The van der Waals surface area contributed by atoms with Crippen LogP contribution in [0.4, 0.5) is 5.69 Å². The lowest BCUT2D eigenvalue weighted by Crippen LogP contribution is -2.46. The van der Waals surface area contributed by atoms with Crippen molar-refractivity contribution in [2.45, 2.75) is 40.0 Å². The number of carbonyl (C=O) groups is 3. The van der Waals surface area contributed by atoms with Crippen molar-refractivity contribution in [2.24, 2.45) is 11.8 Å². The molecule has 2 atom stereocenters. The summed E-state index contributed by atoms with van der Waals surface area (Å²) in [5.74, 6) is 0.0669. The number of hydrogen-bond acceptors (Lipinski definition) is 3. The molecule has 2 aliphatic rings. The van der Waals surface area contributed by atoms with Crippen molar-refractivity contribution in [3.8, 4) is 0 Å². The highest BCUT2D eigenvalue weighted by Crippen LogP contribution is 2.31. The Labute approximate surface area is 160 Å². The van der Waals surface area contributed by atoms with E-state index in [4.69, 9.17) is 0 Å². The Bertz CT molecular complexity index is 746. The molecule has 6 nitrogen and oxygen atoms in total. The van der Waals surface area contributed by atoms with Gasteiger partial charge in [0, 0.05) is 45.2 Å². The third-order valence-corrected chi connectivity index (χ3v) is 5.81. The van der Waals surface area contributed by atoms with Crippen molar-refractivity contribution in [1.29, 1.82) is 0 Å². The summed E-state index contributed by atoms with van der Waals surface area (Å²) >= 11 is 0. The molecule has 1 N–H and O–H groups in total. The standard InChI is InChI=1S/C21H29N3O3/c1-14-6-4-8-19(15(14)2)24-13-18(10-20(24)26)21(27)23-9-5-7-17(12-23)11-22-16(3)25/h4,6,8,17-18H,5,7,9-13H2,1-3H3,(H,22,25)/t17-,18-/m0/s1. The minimum absolute atomic E-state index is 0.0221. The molecule has 0 spiro atoms. The molecule has 0 aliphatic carbocycles. The van der Waals surface area contributed by atoms with Crippen molar-refractivity contribution in [2.75, 3.05) is 31.1 Å². The number of anilines is 1. The summed E-state index contributed by atoms with van der Waals surface area (Å²) in [5, 5.41) is 2.85. The molecule has 0 bridgehead atoms. The van der Waals surface area contributed by atoms with Crippen LogP contribution in [-0.2, 0) is 14.4 Å². The summed E-state index contributed by atoms with van der Waals surface area (Å²) in [6.45, 7) is 8.02. The smallest absolute Gasteiger partial charge is 0.228 e. The van der Waals surface area contributed by atoms with Crippen LogP contribution in [0.15, 0.2) is 18.2 Å². The number of nitrogens with one attached hydrogen (secondary N) is 1. The predicted molar refractivity (Wildman–Crippen MR) is 104 cm³/mol. The fraction of sp³-hybridized carbons (Fsp3) is 0.571. The van der Waals surface area contributed by atoms with E-state index in [9.17, 15) is 14.4 Å². The Kier molecular flexibility index (Phi) is 5.82. The number of likely N-dealkylation sites (tertiary alicyclic amines) is 1. The summed E-state index contributed by atoms with van der Waals surface area (Å²) < 4.78 is 0. The number of rotatable bonds is 4. The van der Waals surface area contributed by atoms with Gasteiger partial charge >= 0.3 is 0 Å². The third kappa shape index (κ3) is 4.31. The summed E-state index contributed by atoms with van der Waals surface area (Å²) in [6.07, 6.45) is 2.23. The second kappa shape index (κ2) is 8.11. The van der Waals surface area contributed by atoms with Crippen molar-refractivity contribution in [3.63, 3.8) is 0 Å². The van der Waals surface area contributed by atoms with E-state index in [1.54, 1.807) is 4.90 Å². The van der Waals surface area contributed by atoms with Gasteiger partial charge in [-0.2, -0.15) is 0 Å². The van der Waals surface area contributed by atoms with E-state index in [1.807, 2.05) is 36.9 Å². The van der Waals surface area contributed by atoms with Crippen molar-refractivity contribution < 1.29 is 14.4 Å². The molecule has 1 aromatic rings. The zero-order valence-electron chi connectivity index (χ0n) is 16.5. The molecule has 0 unspecified atom stereocenters. The van der Waals surface area contributed by atoms with Crippen molar-refractivity contribution in [1.82, 2.24) is 10.2 Å². The number of piperidine rings is 1. The molecule has 2 saturated heterocycles. The lowest BCUT2D eigenvalue weighted by Gasteiger charge is -2.34. The molecular weight excluding hydrogens is 342 g/mol. The largest absolute Gasteiger partial charge is 0.356 e. The SMILES string of the molecule is CC(=O)NC[C@@H]1CCCN(C(=O)[C@H]2CC(=O)N(c3cccc(C)c3C)C2)C1. The van der Waals surface area contributed by atoms with E-state index >= 15 is 0 Å². The Morgan fingerprint density at radius 2 is 2.00 bits per heavy atom. The van der Waals surface area contributed by atoms with Gasteiger partial charge in [0.1, 0.15) is 0 Å². The van der Waals surface area contributed by atoms with Crippen LogP contribution in [-0.4, -0.2) is 48.8 Å². The van der Waals surface area contributed by atoms with Gasteiger partial charge in [-0.3, -0.25) is 14.4 Å². The van der Waals surface area contributed by atoms with E-state index in [0.717, 1.165) is 36.2 Å². The number of nitrogens with zero attached hydrogens (tertiary/aromatic N) is 2. The first kappa shape index (κ1) is 19.4. The van der Waals surface area contributed by atoms with Gasteiger partial charge in [0.05, 0.1) is 5.92 Å². The molecule has 1 aromatic carbocycles. The maximum Gasteiger partial charge on any atom is 0.228 e. The Morgan fingerprint density at radius 1 is 1.22 bits per heavy atom. The van der Waals surface area contributed by atoms with Crippen LogP contribution < -0.4 is 10.2 Å².